The van der Waals surface area contributed by atoms with E-state index in [4.69, 9.17) is 0 Å². The minimum absolute atomic E-state index is 0.546. The highest BCUT2D eigenvalue weighted by atomic mass is 14.9. The first-order valence-electron chi connectivity index (χ1n) is 6.66. The third kappa shape index (κ3) is 4.55. The van der Waals surface area contributed by atoms with Crippen molar-refractivity contribution in [2.45, 2.75) is 66.3 Å². The molecule has 0 saturated heterocycles. The Labute approximate surface area is 96.0 Å². The van der Waals surface area contributed by atoms with Crippen molar-refractivity contribution in [3.8, 4) is 0 Å². The van der Waals surface area contributed by atoms with Gasteiger partial charge in [0, 0.05) is 6.04 Å². The molecule has 0 aromatic carbocycles. The topological polar surface area (TPSA) is 12.0 Å². The third-order valence-corrected chi connectivity index (χ3v) is 3.84. The van der Waals surface area contributed by atoms with E-state index in [1.54, 1.807) is 0 Å². The van der Waals surface area contributed by atoms with Crippen molar-refractivity contribution < 1.29 is 0 Å². The first kappa shape index (κ1) is 13.0. The van der Waals surface area contributed by atoms with Gasteiger partial charge in [-0.15, -0.1) is 0 Å². The Bertz CT molecular complexity index is 186. The van der Waals surface area contributed by atoms with E-state index in [0.717, 1.165) is 17.9 Å². The Balaban J connectivity index is 2.35. The SMILES string of the molecule is CCC(C)CNC1CC(C)CC(C)(C)C1. The molecule has 1 heteroatoms. The van der Waals surface area contributed by atoms with Crippen molar-refractivity contribution >= 4 is 0 Å². The molecule has 0 spiro atoms. The van der Waals surface area contributed by atoms with Gasteiger partial charge in [0.05, 0.1) is 0 Å². The van der Waals surface area contributed by atoms with E-state index in [1.807, 2.05) is 0 Å². The standard InChI is InChI=1S/C14H29N/c1-6-11(2)10-15-13-7-12(3)8-14(4,5)9-13/h11-13,15H,6-10H2,1-5H3. The van der Waals surface area contributed by atoms with Gasteiger partial charge in [-0.25, -0.2) is 0 Å². The molecule has 90 valence electrons. The lowest BCUT2D eigenvalue weighted by Crippen LogP contribution is -2.41. The molecule has 0 bridgehead atoms. The van der Waals surface area contributed by atoms with Gasteiger partial charge in [0.25, 0.3) is 0 Å². The molecule has 1 nitrogen and oxygen atoms in total. The van der Waals surface area contributed by atoms with Crippen molar-refractivity contribution in [1.29, 1.82) is 0 Å². The minimum Gasteiger partial charge on any atom is -0.314 e. The minimum atomic E-state index is 0.546. The second-order valence-corrected chi connectivity index (χ2v) is 6.53. The summed E-state index contributed by atoms with van der Waals surface area (Å²) in [6.07, 6.45) is 5.42. The molecule has 0 aliphatic heterocycles. The number of hydrogen-bond donors (Lipinski definition) is 1. The van der Waals surface area contributed by atoms with Gasteiger partial charge in [0.1, 0.15) is 0 Å². The quantitative estimate of drug-likeness (QED) is 0.745. The lowest BCUT2D eigenvalue weighted by atomic mass is 9.70. The summed E-state index contributed by atoms with van der Waals surface area (Å²) < 4.78 is 0. The van der Waals surface area contributed by atoms with Crippen molar-refractivity contribution in [2.75, 3.05) is 6.54 Å². The molecule has 1 aliphatic carbocycles. The molecule has 3 atom stereocenters. The van der Waals surface area contributed by atoms with Crippen molar-refractivity contribution in [2.24, 2.45) is 17.3 Å². The molecule has 1 N–H and O–H groups in total. The molecule has 0 heterocycles. The van der Waals surface area contributed by atoms with Gasteiger partial charge in [0.2, 0.25) is 0 Å². The van der Waals surface area contributed by atoms with E-state index >= 15 is 0 Å². The van der Waals surface area contributed by atoms with Gasteiger partial charge in [-0.3, -0.25) is 0 Å². The fourth-order valence-corrected chi connectivity index (χ4v) is 3.01. The van der Waals surface area contributed by atoms with Gasteiger partial charge in [-0.05, 0) is 43.1 Å². The average Bonchev–Trinajstić information content (AvgIpc) is 2.11. The number of nitrogens with one attached hydrogen (secondary N) is 1. The van der Waals surface area contributed by atoms with Crippen molar-refractivity contribution in [3.63, 3.8) is 0 Å². The summed E-state index contributed by atoms with van der Waals surface area (Å²) in [5, 5.41) is 3.76. The predicted octanol–water partition coefficient (Wildman–Crippen LogP) is 3.84. The van der Waals surface area contributed by atoms with Gasteiger partial charge < -0.3 is 5.32 Å². The highest BCUT2D eigenvalue weighted by Crippen LogP contribution is 2.38. The van der Waals surface area contributed by atoms with E-state index in [9.17, 15) is 0 Å². The predicted molar refractivity (Wildman–Crippen MR) is 68.0 cm³/mol. The molecule has 1 rings (SSSR count). The summed E-state index contributed by atoms with van der Waals surface area (Å²) in [5.74, 6) is 1.72. The first-order chi connectivity index (χ1) is 6.93. The van der Waals surface area contributed by atoms with Crippen LogP contribution in [0.1, 0.15) is 60.3 Å². The monoisotopic (exact) mass is 211 g/mol. The Morgan fingerprint density at radius 2 is 2.00 bits per heavy atom. The Morgan fingerprint density at radius 3 is 2.53 bits per heavy atom. The van der Waals surface area contributed by atoms with Crippen LogP contribution in [-0.2, 0) is 0 Å². The molecule has 0 radical (unpaired) electrons. The fraction of sp³-hybridized carbons (Fsp3) is 1.00. The summed E-state index contributed by atoms with van der Waals surface area (Å²) in [6, 6.07) is 0.762. The van der Waals surface area contributed by atoms with E-state index in [2.05, 4.69) is 39.9 Å². The van der Waals surface area contributed by atoms with Crippen LogP contribution < -0.4 is 5.32 Å². The van der Waals surface area contributed by atoms with Gasteiger partial charge in [-0.2, -0.15) is 0 Å². The largest absolute Gasteiger partial charge is 0.314 e. The van der Waals surface area contributed by atoms with Crippen LogP contribution in [0.15, 0.2) is 0 Å². The summed E-state index contributed by atoms with van der Waals surface area (Å²) in [6.45, 7) is 13.0. The van der Waals surface area contributed by atoms with Gasteiger partial charge >= 0.3 is 0 Å². The Kier molecular flexibility index (Phi) is 4.64. The highest BCUT2D eigenvalue weighted by Gasteiger charge is 2.31. The molecule has 1 saturated carbocycles. The molecule has 0 aromatic heterocycles. The fourth-order valence-electron chi connectivity index (χ4n) is 3.01. The second kappa shape index (κ2) is 5.34. The molecule has 3 unspecified atom stereocenters. The van der Waals surface area contributed by atoms with E-state index in [1.165, 1.54) is 32.2 Å². The maximum Gasteiger partial charge on any atom is 0.00747 e. The van der Waals surface area contributed by atoms with Crippen molar-refractivity contribution in [1.82, 2.24) is 5.32 Å². The Hall–Kier alpha value is -0.0400. The summed E-state index contributed by atoms with van der Waals surface area (Å²) in [5.41, 5.74) is 0.546. The lowest BCUT2D eigenvalue weighted by Gasteiger charge is -2.39. The van der Waals surface area contributed by atoms with E-state index in [-0.39, 0.29) is 0 Å². The summed E-state index contributed by atoms with van der Waals surface area (Å²) in [4.78, 5) is 0. The molecule has 0 aromatic rings. The zero-order chi connectivity index (χ0) is 11.5. The van der Waals surface area contributed by atoms with Crippen LogP contribution in [0.2, 0.25) is 0 Å². The van der Waals surface area contributed by atoms with Gasteiger partial charge in [-0.1, -0.05) is 41.0 Å². The van der Waals surface area contributed by atoms with Crippen LogP contribution in [0, 0.1) is 17.3 Å². The van der Waals surface area contributed by atoms with Crippen LogP contribution in [0.4, 0.5) is 0 Å². The summed E-state index contributed by atoms with van der Waals surface area (Å²) in [7, 11) is 0. The third-order valence-electron chi connectivity index (χ3n) is 3.84. The molecule has 15 heavy (non-hydrogen) atoms. The summed E-state index contributed by atoms with van der Waals surface area (Å²) >= 11 is 0. The zero-order valence-corrected chi connectivity index (χ0v) is 11.3. The molecule has 1 fully saturated rings. The smallest absolute Gasteiger partial charge is 0.00747 e. The van der Waals surface area contributed by atoms with Crippen LogP contribution >= 0.6 is 0 Å². The normalized spacial score (nSPS) is 32.6. The average molecular weight is 211 g/mol. The van der Waals surface area contributed by atoms with Crippen LogP contribution in [0.25, 0.3) is 0 Å². The molecule has 0 amide bonds. The zero-order valence-electron chi connectivity index (χ0n) is 11.3. The van der Waals surface area contributed by atoms with Crippen LogP contribution in [-0.4, -0.2) is 12.6 Å². The maximum atomic E-state index is 3.76. The molecular weight excluding hydrogens is 182 g/mol. The second-order valence-electron chi connectivity index (χ2n) is 6.53. The lowest BCUT2D eigenvalue weighted by molar-refractivity contribution is 0.149. The van der Waals surface area contributed by atoms with Crippen molar-refractivity contribution in [3.05, 3.63) is 0 Å². The van der Waals surface area contributed by atoms with Crippen LogP contribution in [0.3, 0.4) is 0 Å². The first-order valence-corrected chi connectivity index (χ1v) is 6.66. The molecule has 1 aliphatic rings. The Morgan fingerprint density at radius 1 is 1.33 bits per heavy atom. The van der Waals surface area contributed by atoms with E-state index < -0.39 is 0 Å². The number of hydrogen-bond acceptors (Lipinski definition) is 1. The molecular formula is C14H29N. The van der Waals surface area contributed by atoms with Gasteiger partial charge in [0.15, 0.2) is 0 Å². The maximum absolute atomic E-state index is 3.76. The number of rotatable bonds is 4. The van der Waals surface area contributed by atoms with Crippen LogP contribution in [0.5, 0.6) is 0 Å². The highest BCUT2D eigenvalue weighted by molar-refractivity contribution is 4.86. The van der Waals surface area contributed by atoms with E-state index in [0.29, 0.717) is 5.41 Å².